The van der Waals surface area contributed by atoms with Gasteiger partial charge in [0.05, 0.1) is 17.7 Å². The first kappa shape index (κ1) is 17.8. The Hall–Kier alpha value is -3.01. The van der Waals surface area contributed by atoms with Crippen LogP contribution in [0, 0.1) is 11.3 Å². The van der Waals surface area contributed by atoms with E-state index in [1.54, 1.807) is 30.3 Å². The number of benzene rings is 2. The minimum absolute atomic E-state index is 0.0216. The highest BCUT2D eigenvalue weighted by molar-refractivity contribution is 7.89. The molecule has 26 heavy (non-hydrogen) atoms. The lowest BCUT2D eigenvalue weighted by molar-refractivity contribution is 0.551. The van der Waals surface area contributed by atoms with Crippen LogP contribution in [-0.2, 0) is 16.4 Å². The van der Waals surface area contributed by atoms with Crippen molar-refractivity contribution in [3.8, 4) is 6.07 Å². The van der Waals surface area contributed by atoms with Gasteiger partial charge in [0.1, 0.15) is 0 Å². The third-order valence-corrected chi connectivity index (χ3v) is 5.30. The first-order chi connectivity index (χ1) is 12.6. The van der Waals surface area contributed by atoms with Crippen molar-refractivity contribution < 1.29 is 8.42 Å². The highest BCUT2D eigenvalue weighted by atomic mass is 32.2. The van der Waals surface area contributed by atoms with Crippen molar-refractivity contribution >= 4 is 10.0 Å². The van der Waals surface area contributed by atoms with Gasteiger partial charge in [-0.25, -0.2) is 18.1 Å². The Labute approximate surface area is 153 Å². The number of nitriles is 1. The summed E-state index contributed by atoms with van der Waals surface area (Å²) in [5.41, 5.74) is 2.26. The third-order valence-electron chi connectivity index (χ3n) is 3.91. The summed E-state index contributed by atoms with van der Waals surface area (Å²) in [6.07, 6.45) is 1.87. The number of nitrogens with one attached hydrogen (secondary N) is 1. The van der Waals surface area contributed by atoms with Crippen LogP contribution in [0.3, 0.4) is 0 Å². The van der Waals surface area contributed by atoms with Crippen LogP contribution in [0.5, 0.6) is 0 Å². The van der Waals surface area contributed by atoms with E-state index in [1.165, 1.54) is 12.3 Å². The topological polar surface area (TPSA) is 82.9 Å². The van der Waals surface area contributed by atoms with Crippen LogP contribution in [-0.4, -0.2) is 13.4 Å². The molecule has 0 spiro atoms. The smallest absolute Gasteiger partial charge is 0.243 e. The number of aromatic nitrogens is 1. The molecule has 0 amide bonds. The van der Waals surface area contributed by atoms with E-state index in [4.69, 9.17) is 5.26 Å². The minimum Gasteiger partial charge on any atom is -0.243 e. The van der Waals surface area contributed by atoms with Gasteiger partial charge in [0.15, 0.2) is 5.03 Å². The maximum atomic E-state index is 12.7. The van der Waals surface area contributed by atoms with Crippen LogP contribution in [0.4, 0.5) is 0 Å². The van der Waals surface area contributed by atoms with Crippen molar-refractivity contribution in [3.63, 3.8) is 0 Å². The second-order valence-corrected chi connectivity index (χ2v) is 7.43. The van der Waals surface area contributed by atoms with E-state index in [9.17, 15) is 8.42 Å². The van der Waals surface area contributed by atoms with Crippen LogP contribution in [0.15, 0.2) is 84.0 Å². The molecular weight excluding hydrogens is 346 g/mol. The monoisotopic (exact) mass is 363 g/mol. The summed E-state index contributed by atoms with van der Waals surface area (Å²) in [5, 5.41) is 9.06. The molecule has 0 saturated carbocycles. The fourth-order valence-corrected chi connectivity index (χ4v) is 3.84. The Morgan fingerprint density at radius 1 is 1.00 bits per heavy atom. The zero-order valence-electron chi connectivity index (χ0n) is 13.9. The molecule has 1 N–H and O–H groups in total. The molecule has 0 aliphatic heterocycles. The van der Waals surface area contributed by atoms with Crippen molar-refractivity contribution in [1.29, 1.82) is 5.26 Å². The van der Waals surface area contributed by atoms with Gasteiger partial charge < -0.3 is 0 Å². The molecule has 0 saturated heterocycles. The molecular formula is C20H17N3O2S. The van der Waals surface area contributed by atoms with Gasteiger partial charge in [-0.05, 0) is 41.8 Å². The fourth-order valence-electron chi connectivity index (χ4n) is 2.67. The molecule has 2 aromatic carbocycles. The van der Waals surface area contributed by atoms with Gasteiger partial charge in [0.25, 0.3) is 10.0 Å². The van der Waals surface area contributed by atoms with E-state index < -0.39 is 16.1 Å². The summed E-state index contributed by atoms with van der Waals surface area (Å²) in [6.45, 7) is 0. The van der Waals surface area contributed by atoms with Gasteiger partial charge >= 0.3 is 0 Å². The van der Waals surface area contributed by atoms with Gasteiger partial charge in [-0.2, -0.15) is 5.26 Å². The molecule has 1 unspecified atom stereocenters. The number of hydrogen-bond donors (Lipinski definition) is 1. The Kier molecular flexibility index (Phi) is 5.42. The van der Waals surface area contributed by atoms with E-state index in [-0.39, 0.29) is 5.03 Å². The van der Waals surface area contributed by atoms with E-state index in [2.05, 4.69) is 15.8 Å². The summed E-state index contributed by atoms with van der Waals surface area (Å²) < 4.78 is 28.1. The minimum atomic E-state index is -3.77. The van der Waals surface area contributed by atoms with Crippen LogP contribution in [0.2, 0.25) is 0 Å². The van der Waals surface area contributed by atoms with Crippen molar-refractivity contribution in [2.75, 3.05) is 0 Å². The molecule has 1 heterocycles. The average molecular weight is 363 g/mol. The molecule has 3 rings (SSSR count). The number of pyridine rings is 1. The molecule has 3 aromatic rings. The molecule has 0 bridgehead atoms. The first-order valence-corrected chi connectivity index (χ1v) is 9.54. The Bertz CT molecular complexity index is 1010. The van der Waals surface area contributed by atoms with Gasteiger partial charge in [-0.1, -0.05) is 48.5 Å². The van der Waals surface area contributed by atoms with Crippen LogP contribution in [0.25, 0.3) is 0 Å². The van der Waals surface area contributed by atoms with Crippen LogP contribution in [0.1, 0.15) is 22.7 Å². The Morgan fingerprint density at radius 2 is 1.77 bits per heavy atom. The van der Waals surface area contributed by atoms with E-state index in [0.717, 1.165) is 11.1 Å². The second kappa shape index (κ2) is 7.91. The molecule has 0 aliphatic rings. The lowest BCUT2D eigenvalue weighted by Crippen LogP contribution is -2.30. The second-order valence-electron chi connectivity index (χ2n) is 5.77. The van der Waals surface area contributed by atoms with Gasteiger partial charge in [-0.15, -0.1) is 0 Å². The predicted molar refractivity (Wildman–Crippen MR) is 98.6 cm³/mol. The normalized spacial score (nSPS) is 12.3. The van der Waals surface area contributed by atoms with Crippen LogP contribution >= 0.6 is 0 Å². The number of hydrogen-bond acceptors (Lipinski definition) is 4. The zero-order valence-corrected chi connectivity index (χ0v) is 14.7. The van der Waals surface area contributed by atoms with E-state index >= 15 is 0 Å². The molecule has 0 aliphatic carbocycles. The first-order valence-electron chi connectivity index (χ1n) is 8.06. The number of sulfonamides is 1. The lowest BCUT2D eigenvalue weighted by Gasteiger charge is -2.19. The van der Waals surface area contributed by atoms with Crippen LogP contribution < -0.4 is 4.72 Å². The highest BCUT2D eigenvalue weighted by Gasteiger charge is 2.22. The quantitative estimate of drug-likeness (QED) is 0.729. The summed E-state index contributed by atoms with van der Waals surface area (Å²) >= 11 is 0. The standard InChI is InChI=1S/C20H17N3O2S/c21-15-17-8-6-7-16(13-17)14-19(18-9-2-1-3-10-18)23-26(24,25)20-11-4-5-12-22-20/h1-13,19,23H,14H2. The van der Waals surface area contributed by atoms with Crippen molar-refractivity contribution in [3.05, 3.63) is 95.7 Å². The molecule has 0 fully saturated rings. The van der Waals surface area contributed by atoms with Gasteiger partial charge in [-0.3, -0.25) is 0 Å². The largest absolute Gasteiger partial charge is 0.258 e. The van der Waals surface area contributed by atoms with Gasteiger partial charge in [0, 0.05) is 6.20 Å². The Morgan fingerprint density at radius 3 is 2.46 bits per heavy atom. The summed E-state index contributed by atoms with van der Waals surface area (Å²) in [4.78, 5) is 3.94. The molecule has 5 nitrogen and oxygen atoms in total. The maximum Gasteiger partial charge on any atom is 0.258 e. The fraction of sp³-hybridized carbons (Fsp3) is 0.100. The summed E-state index contributed by atoms with van der Waals surface area (Å²) in [6, 6.07) is 22.9. The van der Waals surface area contributed by atoms with Crippen molar-refractivity contribution in [2.24, 2.45) is 0 Å². The molecule has 1 atom stereocenters. The molecule has 130 valence electrons. The zero-order chi connectivity index (χ0) is 18.4. The summed E-state index contributed by atoms with van der Waals surface area (Å²) in [5.74, 6) is 0. The molecule has 6 heteroatoms. The van der Waals surface area contributed by atoms with Gasteiger partial charge in [0.2, 0.25) is 0 Å². The van der Waals surface area contributed by atoms with Crippen molar-refractivity contribution in [2.45, 2.75) is 17.5 Å². The Balaban J connectivity index is 1.93. The summed E-state index contributed by atoms with van der Waals surface area (Å²) in [7, 11) is -3.77. The SMILES string of the molecule is N#Cc1cccc(CC(NS(=O)(=O)c2ccccn2)c2ccccc2)c1. The lowest BCUT2D eigenvalue weighted by atomic mass is 9.99. The highest BCUT2D eigenvalue weighted by Crippen LogP contribution is 2.21. The maximum absolute atomic E-state index is 12.7. The van der Waals surface area contributed by atoms with Crippen molar-refractivity contribution in [1.82, 2.24) is 9.71 Å². The number of nitrogens with zero attached hydrogens (tertiary/aromatic N) is 2. The number of rotatable bonds is 6. The molecule has 1 aromatic heterocycles. The third kappa shape index (κ3) is 4.33. The predicted octanol–water partition coefficient (Wildman–Crippen LogP) is 3.22. The van der Waals surface area contributed by atoms with E-state index in [1.807, 2.05) is 36.4 Å². The van der Waals surface area contributed by atoms with E-state index in [0.29, 0.717) is 12.0 Å². The molecule has 0 radical (unpaired) electrons. The average Bonchev–Trinajstić information content (AvgIpc) is 2.69.